The fourth-order valence-electron chi connectivity index (χ4n) is 3.51. The van der Waals surface area contributed by atoms with Gasteiger partial charge in [-0.3, -0.25) is 10.0 Å². The van der Waals surface area contributed by atoms with Gasteiger partial charge < -0.3 is 9.88 Å². The Kier molecular flexibility index (Phi) is 5.49. The van der Waals surface area contributed by atoms with E-state index in [0.717, 1.165) is 6.20 Å². The number of nitrogens with one attached hydrogen (secondary N) is 2. The first-order chi connectivity index (χ1) is 15.3. The lowest BCUT2D eigenvalue weighted by molar-refractivity contribution is 0.0706. The van der Waals surface area contributed by atoms with Crippen molar-refractivity contribution in [3.05, 3.63) is 59.7 Å². The number of carbonyl (C=O) groups excluding carboxylic acids is 1. The number of hydroxylamine groups is 1. The predicted octanol–water partition coefficient (Wildman–Crippen LogP) is 3.92. The summed E-state index contributed by atoms with van der Waals surface area (Å²) in [4.78, 5) is 28.0. The molecule has 0 aliphatic heterocycles. The quantitative estimate of drug-likeness (QED) is 0.319. The van der Waals surface area contributed by atoms with Crippen LogP contribution < -0.4 is 10.8 Å². The molecule has 32 heavy (non-hydrogen) atoms. The van der Waals surface area contributed by atoms with Crippen molar-refractivity contribution >= 4 is 28.7 Å². The van der Waals surface area contributed by atoms with E-state index in [2.05, 4.69) is 25.3 Å². The Morgan fingerprint density at radius 3 is 2.62 bits per heavy atom. The van der Waals surface area contributed by atoms with E-state index in [4.69, 9.17) is 5.21 Å². The van der Waals surface area contributed by atoms with Gasteiger partial charge in [-0.15, -0.1) is 0 Å². The molecule has 3 aromatic heterocycles. The maximum absolute atomic E-state index is 14.8. The largest absolute Gasteiger partial charge is 0.326 e. The number of benzene rings is 1. The highest BCUT2D eigenvalue weighted by atomic mass is 19.1. The summed E-state index contributed by atoms with van der Waals surface area (Å²) in [5, 5.41) is 11.5. The summed E-state index contributed by atoms with van der Waals surface area (Å²) < 4.78 is 31.3. The zero-order valence-electron chi connectivity index (χ0n) is 17.4. The molecular formula is C21H19F2N7O2. The Labute approximate surface area is 181 Å². The minimum atomic E-state index is -0.733. The molecule has 4 rings (SSSR count). The minimum Gasteiger partial charge on any atom is -0.326 e. The van der Waals surface area contributed by atoms with Crippen molar-refractivity contribution in [2.24, 2.45) is 0 Å². The second-order valence-corrected chi connectivity index (χ2v) is 7.33. The number of anilines is 2. The highest BCUT2D eigenvalue weighted by Gasteiger charge is 2.18. The maximum Gasteiger partial charge on any atom is 0.274 e. The van der Waals surface area contributed by atoms with Gasteiger partial charge in [-0.2, -0.15) is 0 Å². The number of fused-ring (bicyclic) bond motifs is 1. The number of aryl methyl sites for hydroxylation is 1. The Morgan fingerprint density at radius 2 is 1.91 bits per heavy atom. The first-order valence-corrected chi connectivity index (χ1v) is 9.67. The van der Waals surface area contributed by atoms with E-state index in [9.17, 15) is 13.6 Å². The van der Waals surface area contributed by atoms with E-state index in [1.165, 1.54) is 29.9 Å². The minimum absolute atomic E-state index is 0.00971. The lowest BCUT2D eigenvalue weighted by Gasteiger charge is -2.12. The molecule has 4 aromatic rings. The summed E-state index contributed by atoms with van der Waals surface area (Å²) in [7, 11) is 0. The predicted molar refractivity (Wildman–Crippen MR) is 113 cm³/mol. The molecule has 0 unspecified atom stereocenters. The van der Waals surface area contributed by atoms with Gasteiger partial charge in [0.2, 0.25) is 5.95 Å². The average molecular weight is 439 g/mol. The summed E-state index contributed by atoms with van der Waals surface area (Å²) in [6, 6.07) is 5.59. The molecule has 0 fully saturated rings. The SMILES string of the molecule is Cc1nc2c(F)cc(-c3nc(Nc4cc(C(=O)NO)ccn4)ncc3F)cc2n1C(C)C. The van der Waals surface area contributed by atoms with Crippen molar-refractivity contribution in [1.82, 2.24) is 30.0 Å². The third-order valence-electron chi connectivity index (χ3n) is 4.82. The molecule has 0 spiro atoms. The fourth-order valence-corrected chi connectivity index (χ4v) is 3.51. The van der Waals surface area contributed by atoms with E-state index >= 15 is 0 Å². The van der Waals surface area contributed by atoms with E-state index in [-0.39, 0.29) is 40.1 Å². The molecule has 0 aliphatic rings. The van der Waals surface area contributed by atoms with Crippen molar-refractivity contribution in [3.63, 3.8) is 0 Å². The second-order valence-electron chi connectivity index (χ2n) is 7.33. The van der Waals surface area contributed by atoms with Crippen molar-refractivity contribution in [1.29, 1.82) is 0 Å². The van der Waals surface area contributed by atoms with Gasteiger partial charge in [0.1, 0.15) is 22.9 Å². The van der Waals surface area contributed by atoms with Gasteiger partial charge in [-0.1, -0.05) is 0 Å². The van der Waals surface area contributed by atoms with Crippen LogP contribution >= 0.6 is 0 Å². The van der Waals surface area contributed by atoms with Crippen LogP contribution in [0.5, 0.6) is 0 Å². The molecule has 0 aliphatic carbocycles. The number of hydrogen-bond acceptors (Lipinski definition) is 7. The number of hydrogen-bond donors (Lipinski definition) is 3. The zero-order valence-corrected chi connectivity index (χ0v) is 17.4. The fraction of sp³-hybridized carbons (Fsp3) is 0.190. The molecule has 3 heterocycles. The zero-order chi connectivity index (χ0) is 23.0. The van der Waals surface area contributed by atoms with E-state index in [1.807, 2.05) is 18.4 Å². The molecule has 0 radical (unpaired) electrons. The van der Waals surface area contributed by atoms with Crippen LogP contribution in [-0.4, -0.2) is 35.6 Å². The Bertz CT molecular complexity index is 1340. The van der Waals surface area contributed by atoms with Crippen molar-refractivity contribution in [3.8, 4) is 11.3 Å². The number of pyridine rings is 1. The topological polar surface area (TPSA) is 118 Å². The van der Waals surface area contributed by atoms with Crippen molar-refractivity contribution in [2.75, 3.05) is 5.32 Å². The number of imidazole rings is 1. The molecule has 11 heteroatoms. The van der Waals surface area contributed by atoms with Gasteiger partial charge in [0.05, 0.1) is 11.7 Å². The highest BCUT2D eigenvalue weighted by molar-refractivity contribution is 5.94. The number of rotatable bonds is 5. The average Bonchev–Trinajstić information content (AvgIpc) is 3.11. The highest BCUT2D eigenvalue weighted by Crippen LogP contribution is 2.30. The van der Waals surface area contributed by atoms with Gasteiger partial charge in [0.15, 0.2) is 11.6 Å². The van der Waals surface area contributed by atoms with Gasteiger partial charge in [-0.05, 0) is 45.0 Å². The molecule has 1 aromatic carbocycles. The normalized spacial score (nSPS) is 11.2. The molecule has 9 nitrogen and oxygen atoms in total. The number of halogens is 2. The second kappa shape index (κ2) is 8.27. The van der Waals surface area contributed by atoms with Crippen molar-refractivity contribution in [2.45, 2.75) is 26.8 Å². The van der Waals surface area contributed by atoms with Crippen LogP contribution in [0.2, 0.25) is 0 Å². The third-order valence-corrected chi connectivity index (χ3v) is 4.82. The van der Waals surface area contributed by atoms with Crippen LogP contribution in [-0.2, 0) is 0 Å². The summed E-state index contributed by atoms with van der Waals surface area (Å²) in [6.45, 7) is 5.68. The molecule has 3 N–H and O–H groups in total. The van der Waals surface area contributed by atoms with E-state index in [1.54, 1.807) is 13.0 Å². The maximum atomic E-state index is 14.8. The Hall–Kier alpha value is -3.99. The van der Waals surface area contributed by atoms with Gasteiger partial charge in [0, 0.05) is 23.4 Å². The van der Waals surface area contributed by atoms with Crippen LogP contribution in [0.1, 0.15) is 36.1 Å². The van der Waals surface area contributed by atoms with Crippen LogP contribution in [0.3, 0.4) is 0 Å². The lowest BCUT2D eigenvalue weighted by atomic mass is 10.1. The van der Waals surface area contributed by atoms with Gasteiger partial charge in [0.25, 0.3) is 5.91 Å². The molecule has 1 amide bonds. The summed E-state index contributed by atoms with van der Waals surface area (Å²) >= 11 is 0. The van der Waals surface area contributed by atoms with Crippen LogP contribution in [0.15, 0.2) is 36.7 Å². The van der Waals surface area contributed by atoms with E-state index < -0.39 is 17.5 Å². The van der Waals surface area contributed by atoms with Crippen molar-refractivity contribution < 1.29 is 18.8 Å². The standard InChI is InChI=1S/C21H19F2N7O2/c1-10(2)30-11(3)26-19-14(22)6-13(7-16(19)30)18-15(23)9-25-21(28-18)27-17-8-12(4-5-24-17)20(31)29-32/h4-10,32H,1-3H3,(H,29,31)(H,24,25,27,28). The molecule has 164 valence electrons. The Balaban J connectivity index is 1.76. The first kappa shape index (κ1) is 21.2. The number of aromatic nitrogens is 5. The monoisotopic (exact) mass is 439 g/mol. The molecular weight excluding hydrogens is 420 g/mol. The van der Waals surface area contributed by atoms with Crippen LogP contribution in [0.25, 0.3) is 22.3 Å². The Morgan fingerprint density at radius 1 is 1.12 bits per heavy atom. The van der Waals surface area contributed by atoms with Crippen LogP contribution in [0, 0.1) is 18.6 Å². The van der Waals surface area contributed by atoms with Gasteiger partial charge in [-0.25, -0.2) is 34.2 Å². The summed E-state index contributed by atoms with van der Waals surface area (Å²) in [6.07, 6.45) is 2.30. The van der Waals surface area contributed by atoms with E-state index in [0.29, 0.717) is 11.3 Å². The van der Waals surface area contributed by atoms with Crippen LogP contribution in [0.4, 0.5) is 20.5 Å². The smallest absolute Gasteiger partial charge is 0.274 e. The number of carbonyl (C=O) groups is 1. The third kappa shape index (κ3) is 3.85. The lowest BCUT2D eigenvalue weighted by Crippen LogP contribution is -2.18. The molecule has 0 saturated heterocycles. The number of amides is 1. The molecule has 0 saturated carbocycles. The number of nitrogens with zero attached hydrogens (tertiary/aromatic N) is 5. The molecule has 0 bridgehead atoms. The summed E-state index contributed by atoms with van der Waals surface area (Å²) in [5.41, 5.74) is 2.51. The summed E-state index contributed by atoms with van der Waals surface area (Å²) in [5.74, 6) is -1.21. The van der Waals surface area contributed by atoms with Gasteiger partial charge >= 0.3 is 0 Å². The first-order valence-electron chi connectivity index (χ1n) is 9.67. The molecule has 0 atom stereocenters.